The maximum atomic E-state index is 6.36. The van der Waals surface area contributed by atoms with Crippen molar-refractivity contribution in [2.75, 3.05) is 0 Å². The van der Waals surface area contributed by atoms with Crippen molar-refractivity contribution in [2.24, 2.45) is 5.73 Å². The van der Waals surface area contributed by atoms with E-state index in [0.29, 0.717) is 23.4 Å². The number of benzene rings is 1. The molecule has 1 aliphatic carbocycles. The Morgan fingerprint density at radius 2 is 1.85 bits per heavy atom. The van der Waals surface area contributed by atoms with Gasteiger partial charge in [-0.2, -0.15) is 4.98 Å². The summed E-state index contributed by atoms with van der Waals surface area (Å²) in [5.41, 5.74) is 7.83. The van der Waals surface area contributed by atoms with Crippen LogP contribution in [0.5, 0.6) is 0 Å². The van der Waals surface area contributed by atoms with Gasteiger partial charge in [-0.05, 0) is 25.0 Å². The minimum absolute atomic E-state index is 0. The predicted octanol–water partition coefficient (Wildman–Crippen LogP) is 4.31. The molecule has 1 fully saturated rings. The number of hydrogen-bond donors (Lipinski definition) is 1. The van der Waals surface area contributed by atoms with Crippen molar-refractivity contribution in [3.05, 3.63) is 54.0 Å². The summed E-state index contributed by atoms with van der Waals surface area (Å²) >= 11 is 1.66. The van der Waals surface area contributed by atoms with Crippen molar-refractivity contribution in [3.63, 3.8) is 0 Å². The molecule has 0 aliphatic heterocycles. The number of oxazole rings is 1. The second kappa shape index (κ2) is 8.24. The zero-order valence-corrected chi connectivity index (χ0v) is 15.9. The highest BCUT2D eigenvalue weighted by molar-refractivity contribution is 7.97. The van der Waals surface area contributed by atoms with Crippen LogP contribution >= 0.6 is 24.2 Å². The molecule has 2 aromatic heterocycles. The topological polar surface area (TPSA) is 91.0 Å². The highest BCUT2D eigenvalue weighted by Gasteiger charge is 2.35. The molecule has 0 bridgehead atoms. The molecule has 0 saturated heterocycles. The molecule has 0 spiro atoms. The molecule has 0 radical (unpaired) electrons. The van der Waals surface area contributed by atoms with Crippen LogP contribution in [0.25, 0.3) is 11.5 Å². The zero-order valence-electron chi connectivity index (χ0n) is 14.3. The second-order valence-corrected chi connectivity index (χ2v) is 7.36. The van der Waals surface area contributed by atoms with Crippen LogP contribution in [0.3, 0.4) is 0 Å². The molecule has 0 unspecified atom stereocenters. The lowest BCUT2D eigenvalue weighted by Gasteiger charge is -2.17. The molecule has 4 rings (SSSR count). The summed E-state index contributed by atoms with van der Waals surface area (Å²) in [6.45, 7) is 0. The van der Waals surface area contributed by atoms with Gasteiger partial charge >= 0.3 is 0 Å². The molecular formula is C18H21ClN4O2S. The van der Waals surface area contributed by atoms with Crippen LogP contribution in [0.2, 0.25) is 0 Å². The van der Waals surface area contributed by atoms with Gasteiger partial charge in [-0.1, -0.05) is 36.2 Å². The van der Waals surface area contributed by atoms with Gasteiger partial charge in [-0.15, -0.1) is 24.2 Å². The lowest BCUT2D eigenvalue weighted by molar-refractivity contribution is 0.355. The van der Waals surface area contributed by atoms with E-state index in [4.69, 9.17) is 14.7 Å². The van der Waals surface area contributed by atoms with Gasteiger partial charge in [-0.25, -0.2) is 4.98 Å². The number of thioether (sulfide) groups is 1. The SMILES string of the molecule is Cl.NC1(c2noc(CSCc3coc(-c4ccccc4)n3)n2)CCCC1. The molecule has 6 nitrogen and oxygen atoms in total. The molecule has 1 saturated carbocycles. The average molecular weight is 393 g/mol. The van der Waals surface area contributed by atoms with Gasteiger partial charge < -0.3 is 14.7 Å². The van der Waals surface area contributed by atoms with Crippen LogP contribution in [-0.4, -0.2) is 15.1 Å². The van der Waals surface area contributed by atoms with Gasteiger partial charge in [0.05, 0.1) is 17.0 Å². The fourth-order valence-electron chi connectivity index (χ4n) is 3.07. The first-order valence-electron chi connectivity index (χ1n) is 8.42. The number of rotatable bonds is 6. The Labute approximate surface area is 162 Å². The molecule has 0 amide bonds. The highest BCUT2D eigenvalue weighted by Crippen LogP contribution is 2.34. The Balaban J connectivity index is 0.00000196. The molecule has 1 aromatic carbocycles. The lowest BCUT2D eigenvalue weighted by atomic mass is 9.99. The highest BCUT2D eigenvalue weighted by atomic mass is 35.5. The second-order valence-electron chi connectivity index (χ2n) is 6.38. The summed E-state index contributed by atoms with van der Waals surface area (Å²) in [6, 6.07) is 9.87. The summed E-state index contributed by atoms with van der Waals surface area (Å²) in [5, 5.41) is 4.08. The maximum absolute atomic E-state index is 6.36. The van der Waals surface area contributed by atoms with Crippen molar-refractivity contribution in [3.8, 4) is 11.5 Å². The van der Waals surface area contributed by atoms with Crippen molar-refractivity contribution in [1.82, 2.24) is 15.1 Å². The summed E-state index contributed by atoms with van der Waals surface area (Å²) in [4.78, 5) is 9.00. The quantitative estimate of drug-likeness (QED) is 0.668. The molecule has 0 atom stereocenters. The van der Waals surface area contributed by atoms with Gasteiger partial charge in [-0.3, -0.25) is 0 Å². The summed E-state index contributed by atoms with van der Waals surface area (Å²) < 4.78 is 10.9. The van der Waals surface area contributed by atoms with Crippen LogP contribution in [0, 0.1) is 0 Å². The van der Waals surface area contributed by atoms with E-state index < -0.39 is 5.54 Å². The van der Waals surface area contributed by atoms with E-state index in [1.165, 1.54) is 0 Å². The van der Waals surface area contributed by atoms with E-state index in [0.717, 1.165) is 42.7 Å². The van der Waals surface area contributed by atoms with Crippen LogP contribution in [0.1, 0.15) is 43.1 Å². The van der Waals surface area contributed by atoms with Crippen LogP contribution in [0.15, 0.2) is 45.5 Å². The number of aromatic nitrogens is 3. The number of hydrogen-bond acceptors (Lipinski definition) is 7. The Kier molecular flexibility index (Phi) is 6.01. The first kappa shape index (κ1) is 18.9. The number of nitrogens with two attached hydrogens (primary N) is 1. The van der Waals surface area contributed by atoms with Crippen molar-refractivity contribution < 1.29 is 8.94 Å². The third-order valence-electron chi connectivity index (χ3n) is 4.46. The standard InChI is InChI=1S/C18H20N4O2S.ClH/c19-18(8-4-5-9-18)17-21-15(24-22-17)12-25-11-14-10-23-16(20-14)13-6-2-1-3-7-13;/h1-3,6-7,10H,4-5,8-9,11-12,19H2;1H. The average Bonchev–Trinajstić information content (AvgIpc) is 3.37. The molecular weight excluding hydrogens is 372 g/mol. The zero-order chi connectivity index (χ0) is 17.1. The summed E-state index contributed by atoms with van der Waals surface area (Å²) in [6.07, 6.45) is 5.82. The minimum Gasteiger partial charge on any atom is -0.444 e. The lowest BCUT2D eigenvalue weighted by Crippen LogP contribution is -2.34. The van der Waals surface area contributed by atoms with Crippen LogP contribution in [0.4, 0.5) is 0 Å². The number of halogens is 1. The maximum Gasteiger partial charge on any atom is 0.236 e. The molecule has 2 N–H and O–H groups in total. The normalized spacial score (nSPS) is 15.7. The number of nitrogens with zero attached hydrogens (tertiary/aromatic N) is 3. The summed E-state index contributed by atoms with van der Waals surface area (Å²) in [5.74, 6) is 3.26. The van der Waals surface area contributed by atoms with Gasteiger partial charge in [0.2, 0.25) is 11.8 Å². The van der Waals surface area contributed by atoms with Gasteiger partial charge in [0.1, 0.15) is 6.26 Å². The smallest absolute Gasteiger partial charge is 0.236 e. The fourth-order valence-corrected chi connectivity index (χ4v) is 3.81. The van der Waals surface area contributed by atoms with E-state index >= 15 is 0 Å². The molecule has 26 heavy (non-hydrogen) atoms. The Hall–Kier alpha value is -1.83. The van der Waals surface area contributed by atoms with E-state index in [9.17, 15) is 0 Å². The molecule has 3 aromatic rings. The fraction of sp³-hybridized carbons (Fsp3) is 0.389. The van der Waals surface area contributed by atoms with Crippen LogP contribution in [-0.2, 0) is 17.0 Å². The van der Waals surface area contributed by atoms with Gasteiger partial charge in [0.25, 0.3) is 0 Å². The van der Waals surface area contributed by atoms with E-state index in [2.05, 4.69) is 15.1 Å². The predicted molar refractivity (Wildman–Crippen MR) is 103 cm³/mol. The summed E-state index contributed by atoms with van der Waals surface area (Å²) in [7, 11) is 0. The first-order valence-corrected chi connectivity index (χ1v) is 9.58. The molecule has 2 heterocycles. The Bertz CT molecular complexity index is 831. The minimum atomic E-state index is -0.400. The molecule has 138 valence electrons. The third kappa shape index (κ3) is 4.11. The van der Waals surface area contributed by atoms with E-state index in [1.807, 2.05) is 30.3 Å². The first-order chi connectivity index (χ1) is 12.2. The largest absolute Gasteiger partial charge is 0.444 e. The molecule has 8 heteroatoms. The Morgan fingerprint density at radius 1 is 1.08 bits per heavy atom. The van der Waals surface area contributed by atoms with Crippen molar-refractivity contribution >= 4 is 24.2 Å². The third-order valence-corrected chi connectivity index (χ3v) is 5.41. The van der Waals surface area contributed by atoms with Gasteiger partial charge in [0, 0.05) is 11.3 Å². The Morgan fingerprint density at radius 3 is 2.62 bits per heavy atom. The monoisotopic (exact) mass is 392 g/mol. The van der Waals surface area contributed by atoms with Crippen molar-refractivity contribution in [1.29, 1.82) is 0 Å². The van der Waals surface area contributed by atoms with E-state index in [1.54, 1.807) is 18.0 Å². The van der Waals surface area contributed by atoms with Crippen LogP contribution < -0.4 is 5.73 Å². The van der Waals surface area contributed by atoms with Gasteiger partial charge in [0.15, 0.2) is 5.82 Å². The van der Waals surface area contributed by atoms with E-state index in [-0.39, 0.29) is 12.4 Å². The molecule has 1 aliphatic rings. The van der Waals surface area contributed by atoms with Crippen molar-refractivity contribution in [2.45, 2.75) is 42.7 Å².